The molecule has 8 nitrogen and oxygen atoms in total. The largest absolute Gasteiger partial charge is 0.465 e. The maximum atomic E-state index is 12.7. The third-order valence-electron chi connectivity index (χ3n) is 4.24. The monoisotopic (exact) mass is 391 g/mol. The van der Waals surface area contributed by atoms with Crippen molar-refractivity contribution in [3.63, 3.8) is 0 Å². The number of esters is 1. The fraction of sp³-hybridized carbons (Fsp3) is 0.0952. The Bertz CT molecular complexity index is 1080. The summed E-state index contributed by atoms with van der Waals surface area (Å²) in [5.74, 6) is 0.405. The number of hydrogen-bond donors (Lipinski definition) is 2. The maximum absolute atomic E-state index is 12.7. The average Bonchev–Trinajstić information content (AvgIpc) is 3.21. The number of pyridine rings is 1. The van der Waals surface area contributed by atoms with Gasteiger partial charge in [0.1, 0.15) is 0 Å². The number of benzene rings is 2. The number of anilines is 3. The van der Waals surface area contributed by atoms with Crippen molar-refractivity contribution in [1.82, 2.24) is 4.98 Å². The first-order valence-corrected chi connectivity index (χ1v) is 8.74. The summed E-state index contributed by atoms with van der Waals surface area (Å²) in [4.78, 5) is 28.7. The fourth-order valence-corrected chi connectivity index (χ4v) is 2.85. The van der Waals surface area contributed by atoms with Crippen LogP contribution in [-0.2, 0) is 4.74 Å². The van der Waals surface area contributed by atoms with Gasteiger partial charge in [-0.05, 0) is 30.3 Å². The zero-order valence-corrected chi connectivity index (χ0v) is 15.5. The second kappa shape index (κ2) is 7.89. The number of fused-ring (bicyclic) bond motifs is 1. The Morgan fingerprint density at radius 1 is 1.00 bits per heavy atom. The fourth-order valence-electron chi connectivity index (χ4n) is 2.85. The molecule has 0 saturated heterocycles. The molecule has 1 aromatic heterocycles. The number of carbonyl (C=O) groups is 2. The third-order valence-corrected chi connectivity index (χ3v) is 4.24. The van der Waals surface area contributed by atoms with Crippen LogP contribution < -0.4 is 20.1 Å². The molecule has 0 bridgehead atoms. The number of methoxy groups -OCH3 is 1. The molecule has 8 heteroatoms. The second-order valence-corrected chi connectivity index (χ2v) is 6.15. The number of nitrogens with one attached hydrogen (secondary N) is 2. The van der Waals surface area contributed by atoms with Gasteiger partial charge >= 0.3 is 5.97 Å². The van der Waals surface area contributed by atoms with Crippen LogP contribution >= 0.6 is 0 Å². The summed E-state index contributed by atoms with van der Waals surface area (Å²) in [6, 6.07) is 13.7. The Hall–Kier alpha value is -4.07. The van der Waals surface area contributed by atoms with Crippen LogP contribution in [0, 0.1) is 0 Å². The molecule has 4 rings (SSSR count). The van der Waals surface area contributed by atoms with Gasteiger partial charge in [0, 0.05) is 18.0 Å². The number of para-hydroxylation sites is 1. The summed E-state index contributed by atoms with van der Waals surface area (Å²) in [5, 5.41) is 5.90. The Kier molecular flexibility index (Phi) is 4.98. The topological polar surface area (TPSA) is 98.8 Å². The molecule has 0 spiro atoms. The van der Waals surface area contributed by atoms with Gasteiger partial charge in [0.05, 0.1) is 35.8 Å². The first-order valence-electron chi connectivity index (χ1n) is 8.74. The van der Waals surface area contributed by atoms with Crippen molar-refractivity contribution in [2.24, 2.45) is 0 Å². The van der Waals surface area contributed by atoms with Gasteiger partial charge in [-0.2, -0.15) is 0 Å². The molecule has 0 radical (unpaired) electrons. The second-order valence-electron chi connectivity index (χ2n) is 6.15. The van der Waals surface area contributed by atoms with E-state index in [1.165, 1.54) is 13.3 Å². The van der Waals surface area contributed by atoms with Crippen LogP contribution in [0.1, 0.15) is 20.7 Å². The van der Waals surface area contributed by atoms with E-state index in [0.717, 1.165) is 5.69 Å². The van der Waals surface area contributed by atoms with E-state index >= 15 is 0 Å². The molecule has 1 aliphatic heterocycles. The van der Waals surface area contributed by atoms with Crippen molar-refractivity contribution in [3.05, 3.63) is 72.1 Å². The number of aromatic nitrogens is 1. The molecule has 2 aromatic carbocycles. The van der Waals surface area contributed by atoms with Crippen LogP contribution in [0.15, 0.2) is 60.9 Å². The molecular weight excluding hydrogens is 374 g/mol. The molecule has 0 fully saturated rings. The van der Waals surface area contributed by atoms with Crippen molar-refractivity contribution >= 4 is 28.9 Å². The molecule has 1 aliphatic rings. The summed E-state index contributed by atoms with van der Waals surface area (Å²) < 4.78 is 15.4. The van der Waals surface area contributed by atoms with Crippen LogP contribution in [-0.4, -0.2) is 30.8 Å². The molecule has 2 N–H and O–H groups in total. The third kappa shape index (κ3) is 3.96. The Morgan fingerprint density at radius 3 is 2.69 bits per heavy atom. The molecule has 0 unspecified atom stereocenters. The molecule has 29 heavy (non-hydrogen) atoms. The van der Waals surface area contributed by atoms with Crippen molar-refractivity contribution in [2.45, 2.75) is 0 Å². The minimum Gasteiger partial charge on any atom is -0.465 e. The van der Waals surface area contributed by atoms with Crippen molar-refractivity contribution in [1.29, 1.82) is 0 Å². The predicted molar refractivity (Wildman–Crippen MR) is 106 cm³/mol. The molecule has 0 saturated carbocycles. The molecule has 146 valence electrons. The van der Waals surface area contributed by atoms with Crippen molar-refractivity contribution in [3.8, 4) is 11.5 Å². The molecular formula is C21H17N3O5. The molecule has 0 aliphatic carbocycles. The van der Waals surface area contributed by atoms with Gasteiger partial charge in [-0.25, -0.2) is 4.79 Å². The highest BCUT2D eigenvalue weighted by molar-refractivity contribution is 6.08. The lowest BCUT2D eigenvalue weighted by molar-refractivity contribution is 0.0602. The van der Waals surface area contributed by atoms with Gasteiger partial charge in [-0.15, -0.1) is 0 Å². The van der Waals surface area contributed by atoms with E-state index in [1.54, 1.807) is 42.6 Å². The van der Waals surface area contributed by atoms with Crippen LogP contribution in [0.4, 0.5) is 17.1 Å². The summed E-state index contributed by atoms with van der Waals surface area (Å²) in [5.41, 5.74) is 2.35. The quantitative estimate of drug-likeness (QED) is 0.641. The number of hydrogen-bond acceptors (Lipinski definition) is 7. The number of ether oxygens (including phenoxy) is 3. The Labute approximate surface area is 166 Å². The van der Waals surface area contributed by atoms with Crippen LogP contribution in [0.5, 0.6) is 11.5 Å². The predicted octanol–water partition coefficient (Wildman–Crippen LogP) is 3.59. The van der Waals surface area contributed by atoms with Gasteiger partial charge in [0.2, 0.25) is 6.79 Å². The van der Waals surface area contributed by atoms with Gasteiger partial charge in [0.25, 0.3) is 5.91 Å². The zero-order chi connectivity index (χ0) is 20.2. The first-order chi connectivity index (χ1) is 14.1. The highest BCUT2D eigenvalue weighted by atomic mass is 16.7. The number of carbonyl (C=O) groups excluding carboxylic acids is 2. The lowest BCUT2D eigenvalue weighted by atomic mass is 10.1. The Balaban J connectivity index is 1.52. The van der Waals surface area contributed by atoms with Crippen LogP contribution in [0.2, 0.25) is 0 Å². The van der Waals surface area contributed by atoms with E-state index in [2.05, 4.69) is 15.6 Å². The van der Waals surface area contributed by atoms with Gasteiger partial charge < -0.3 is 24.8 Å². The van der Waals surface area contributed by atoms with E-state index < -0.39 is 11.9 Å². The number of nitrogens with zero attached hydrogens (tertiary/aromatic N) is 1. The summed E-state index contributed by atoms with van der Waals surface area (Å²) in [6.07, 6.45) is 3.05. The minimum absolute atomic E-state index is 0.197. The zero-order valence-electron chi connectivity index (χ0n) is 15.5. The smallest absolute Gasteiger partial charge is 0.339 e. The van der Waals surface area contributed by atoms with Crippen molar-refractivity contribution in [2.75, 3.05) is 24.5 Å². The van der Waals surface area contributed by atoms with Crippen LogP contribution in [0.25, 0.3) is 0 Å². The number of rotatable bonds is 5. The Morgan fingerprint density at radius 2 is 1.83 bits per heavy atom. The first kappa shape index (κ1) is 18.3. The molecule has 3 aromatic rings. The summed E-state index contributed by atoms with van der Waals surface area (Å²) in [7, 11) is 1.29. The minimum atomic E-state index is -0.530. The van der Waals surface area contributed by atoms with Gasteiger partial charge in [0.15, 0.2) is 11.5 Å². The number of amides is 1. The van der Waals surface area contributed by atoms with Gasteiger partial charge in [-0.1, -0.05) is 12.1 Å². The summed E-state index contributed by atoms with van der Waals surface area (Å²) in [6.45, 7) is 0.197. The highest BCUT2D eigenvalue weighted by Crippen LogP contribution is 2.35. The van der Waals surface area contributed by atoms with E-state index in [-0.39, 0.29) is 12.4 Å². The summed E-state index contributed by atoms with van der Waals surface area (Å²) >= 11 is 0. The van der Waals surface area contributed by atoms with E-state index in [4.69, 9.17) is 14.2 Å². The normalized spacial score (nSPS) is 11.6. The lowest BCUT2D eigenvalue weighted by Crippen LogP contribution is -2.15. The molecule has 2 heterocycles. The maximum Gasteiger partial charge on any atom is 0.339 e. The standard InChI is InChI=1S/C21H17N3O5/c1-27-21(26)16-4-2-3-5-17(16)24-20(25)13-8-15(11-22-10-13)23-14-6-7-18-19(9-14)29-12-28-18/h2-11,23H,12H2,1H3,(H,24,25). The molecule has 0 atom stereocenters. The van der Waals surface area contributed by atoms with E-state index in [9.17, 15) is 9.59 Å². The molecule has 1 amide bonds. The SMILES string of the molecule is COC(=O)c1ccccc1NC(=O)c1cncc(Nc2ccc3c(c2)OCO3)c1. The van der Waals surface area contributed by atoms with E-state index in [1.807, 2.05) is 12.1 Å². The average molecular weight is 391 g/mol. The highest BCUT2D eigenvalue weighted by Gasteiger charge is 2.16. The lowest BCUT2D eigenvalue weighted by Gasteiger charge is -2.11. The van der Waals surface area contributed by atoms with Crippen molar-refractivity contribution < 1.29 is 23.8 Å². The van der Waals surface area contributed by atoms with Gasteiger partial charge in [-0.3, -0.25) is 9.78 Å². The van der Waals surface area contributed by atoms with E-state index in [0.29, 0.717) is 28.4 Å². The van der Waals surface area contributed by atoms with Crippen LogP contribution in [0.3, 0.4) is 0 Å².